The van der Waals surface area contributed by atoms with Crippen molar-refractivity contribution in [3.8, 4) is 0 Å². The summed E-state index contributed by atoms with van der Waals surface area (Å²) in [6.45, 7) is 10.3. The maximum atomic E-state index is 10.8. The number of β-amino-alcohol motifs (C(OH)–C–C–N with tert-alkyl or cyclic N) is 1. The van der Waals surface area contributed by atoms with Crippen LogP contribution in [0.5, 0.6) is 0 Å². The highest BCUT2D eigenvalue weighted by Gasteiger charge is 2.22. The monoisotopic (exact) mass is 513 g/mol. The molecule has 1 aliphatic rings. The van der Waals surface area contributed by atoms with Crippen LogP contribution in [0.1, 0.15) is 20.8 Å². The summed E-state index contributed by atoms with van der Waals surface area (Å²) in [4.78, 5) is 19.3. The SMILES string of the molecule is CN=C/C=C(N/C(N)=C(C)/C=C\N)\C(C=O)=C/O.CNc1ccc(N2CCN(CC(C)(C)O)CC2)cc1. The number of benzene rings is 1. The first-order valence-electron chi connectivity index (χ1n) is 12.1. The van der Waals surface area contributed by atoms with Crippen LogP contribution in [0.2, 0.25) is 0 Å². The van der Waals surface area contributed by atoms with Gasteiger partial charge in [-0.3, -0.25) is 14.7 Å². The summed E-state index contributed by atoms with van der Waals surface area (Å²) in [5, 5.41) is 24.7. The molecule has 0 bridgehead atoms. The first-order chi connectivity index (χ1) is 17.6. The number of nitrogens with two attached hydrogens (primary N) is 2. The fourth-order valence-corrected chi connectivity index (χ4v) is 3.55. The number of nitrogens with one attached hydrogen (secondary N) is 2. The van der Waals surface area contributed by atoms with Gasteiger partial charge in [-0.2, -0.15) is 0 Å². The number of hydrogen-bond acceptors (Lipinski definition) is 10. The Morgan fingerprint density at radius 3 is 2.27 bits per heavy atom. The fourth-order valence-electron chi connectivity index (χ4n) is 3.55. The zero-order chi connectivity index (χ0) is 27.8. The fraction of sp³-hybridized carbons (Fsp3) is 0.407. The average molecular weight is 514 g/mol. The van der Waals surface area contributed by atoms with Crippen molar-refractivity contribution in [3.63, 3.8) is 0 Å². The maximum absolute atomic E-state index is 10.8. The molecule has 1 heterocycles. The molecule has 1 aromatic carbocycles. The first kappa shape index (κ1) is 31.3. The van der Waals surface area contributed by atoms with Crippen LogP contribution in [0.25, 0.3) is 0 Å². The van der Waals surface area contributed by atoms with E-state index in [9.17, 15) is 9.90 Å². The molecule has 8 N–H and O–H groups in total. The van der Waals surface area contributed by atoms with E-state index in [1.165, 1.54) is 24.2 Å². The smallest absolute Gasteiger partial charge is 0.155 e. The number of aliphatic imine (C=N–C) groups is 1. The van der Waals surface area contributed by atoms with E-state index in [1.54, 1.807) is 20.0 Å². The molecular formula is C27H43N7O3. The second-order valence-corrected chi connectivity index (χ2v) is 9.14. The van der Waals surface area contributed by atoms with Gasteiger partial charge in [0.15, 0.2) is 6.29 Å². The third kappa shape index (κ3) is 11.7. The second-order valence-electron chi connectivity index (χ2n) is 9.14. The van der Waals surface area contributed by atoms with Gasteiger partial charge in [0.25, 0.3) is 0 Å². The zero-order valence-corrected chi connectivity index (χ0v) is 22.6. The third-order valence-corrected chi connectivity index (χ3v) is 5.51. The molecule has 0 saturated carbocycles. The van der Waals surface area contributed by atoms with E-state index in [0.29, 0.717) is 29.6 Å². The summed E-state index contributed by atoms with van der Waals surface area (Å²) >= 11 is 0. The van der Waals surface area contributed by atoms with Crippen LogP contribution < -0.4 is 27.0 Å². The lowest BCUT2D eigenvalue weighted by Crippen LogP contribution is -2.50. The minimum atomic E-state index is -0.601. The number of aliphatic hydroxyl groups is 2. The molecule has 10 nitrogen and oxygen atoms in total. The quantitative estimate of drug-likeness (QED) is 0.0908. The highest BCUT2D eigenvalue weighted by Crippen LogP contribution is 2.19. The molecule has 1 aromatic rings. The molecule has 204 valence electrons. The van der Waals surface area contributed by atoms with E-state index < -0.39 is 5.60 Å². The van der Waals surface area contributed by atoms with Gasteiger partial charge in [0, 0.05) is 64.4 Å². The Morgan fingerprint density at radius 2 is 1.81 bits per heavy atom. The van der Waals surface area contributed by atoms with E-state index in [2.05, 4.69) is 49.7 Å². The number of carbonyl (C=O) groups excluding carboxylic acids is 1. The summed E-state index contributed by atoms with van der Waals surface area (Å²) in [5.74, 6) is 0.314. The largest absolute Gasteiger partial charge is 0.515 e. The van der Waals surface area contributed by atoms with E-state index in [-0.39, 0.29) is 5.57 Å². The number of piperazine rings is 1. The van der Waals surface area contributed by atoms with Crippen LogP contribution >= 0.6 is 0 Å². The lowest BCUT2D eigenvalue weighted by Gasteiger charge is -2.38. The van der Waals surface area contributed by atoms with Crippen molar-refractivity contribution in [2.75, 3.05) is 57.0 Å². The number of aliphatic hydroxyl groups excluding tert-OH is 1. The Balaban J connectivity index is 0.000000371. The minimum Gasteiger partial charge on any atom is -0.515 e. The average Bonchev–Trinajstić information content (AvgIpc) is 2.88. The number of aldehydes is 1. The number of anilines is 2. The molecule has 10 heteroatoms. The molecule has 1 aliphatic heterocycles. The Bertz CT molecular complexity index is 982. The van der Waals surface area contributed by atoms with Gasteiger partial charge in [0.1, 0.15) is 5.82 Å². The number of hydrogen-bond donors (Lipinski definition) is 6. The standard InChI is InChI=1S/C15H25N3O.C12H18N4O2/c1-15(2,19)12-17-8-10-18(11-9-17)14-6-4-13(16-3)5-7-14;1-9(3-5-13)12(14)16-11(4-6-15-2)10(7-17)8-18/h4-7,16,19H,8-12H2,1-3H3;3-8,16-17H,13-14H2,1-2H3/b;5-3-,10-7-,11-4+,12-9+,15-6?. The van der Waals surface area contributed by atoms with Gasteiger partial charge >= 0.3 is 0 Å². The van der Waals surface area contributed by atoms with Crippen LogP contribution in [0.4, 0.5) is 11.4 Å². The van der Waals surface area contributed by atoms with Gasteiger partial charge in [-0.25, -0.2) is 0 Å². The molecule has 37 heavy (non-hydrogen) atoms. The van der Waals surface area contributed by atoms with Crippen molar-refractivity contribution in [2.45, 2.75) is 26.4 Å². The molecule has 0 atom stereocenters. The minimum absolute atomic E-state index is 0.0578. The van der Waals surface area contributed by atoms with Gasteiger partial charge < -0.3 is 37.2 Å². The zero-order valence-electron chi connectivity index (χ0n) is 22.6. The van der Waals surface area contributed by atoms with Gasteiger partial charge in [0.2, 0.25) is 0 Å². The molecule has 0 aliphatic carbocycles. The summed E-state index contributed by atoms with van der Waals surface area (Å²) in [6.07, 6.45) is 7.14. The Labute approximate surface area is 220 Å². The maximum Gasteiger partial charge on any atom is 0.155 e. The topological polar surface area (TPSA) is 152 Å². The van der Waals surface area contributed by atoms with Crippen molar-refractivity contribution in [3.05, 3.63) is 71.5 Å². The molecule has 1 fully saturated rings. The van der Waals surface area contributed by atoms with Crippen molar-refractivity contribution < 1.29 is 15.0 Å². The highest BCUT2D eigenvalue weighted by atomic mass is 16.3. The predicted octanol–water partition coefficient (Wildman–Crippen LogP) is 2.09. The number of nitrogens with zero attached hydrogens (tertiary/aromatic N) is 3. The lowest BCUT2D eigenvalue weighted by atomic mass is 10.1. The van der Waals surface area contributed by atoms with Crippen molar-refractivity contribution in [1.29, 1.82) is 0 Å². The normalized spacial score (nSPS) is 16.3. The molecule has 0 unspecified atom stereocenters. The molecule has 0 amide bonds. The summed E-state index contributed by atoms with van der Waals surface area (Å²) in [6, 6.07) is 8.55. The molecule has 2 rings (SSSR count). The molecule has 0 radical (unpaired) electrons. The third-order valence-electron chi connectivity index (χ3n) is 5.51. The Kier molecular flexibility index (Phi) is 13.6. The summed E-state index contributed by atoms with van der Waals surface area (Å²) in [5.41, 5.74) is 13.9. The summed E-state index contributed by atoms with van der Waals surface area (Å²) < 4.78 is 0. The van der Waals surface area contributed by atoms with Crippen molar-refractivity contribution in [2.24, 2.45) is 16.5 Å². The number of allylic oxidation sites excluding steroid dienone is 4. The lowest BCUT2D eigenvalue weighted by molar-refractivity contribution is -0.104. The van der Waals surface area contributed by atoms with Crippen LogP contribution in [0.15, 0.2) is 76.5 Å². The molecular weight excluding hydrogens is 470 g/mol. The number of rotatable bonds is 10. The van der Waals surface area contributed by atoms with E-state index in [0.717, 1.165) is 38.4 Å². The van der Waals surface area contributed by atoms with E-state index >= 15 is 0 Å². The highest BCUT2D eigenvalue weighted by molar-refractivity contribution is 5.84. The molecule has 0 spiro atoms. The van der Waals surface area contributed by atoms with E-state index in [4.69, 9.17) is 16.6 Å². The predicted molar refractivity (Wildman–Crippen MR) is 154 cm³/mol. The molecule has 0 aromatic heterocycles. The Hall–Kier alpha value is -3.76. The van der Waals surface area contributed by atoms with Crippen LogP contribution in [0, 0.1) is 0 Å². The van der Waals surface area contributed by atoms with Gasteiger partial charge in [-0.15, -0.1) is 0 Å². The first-order valence-corrected chi connectivity index (χ1v) is 12.1. The van der Waals surface area contributed by atoms with Gasteiger partial charge in [0.05, 0.1) is 23.1 Å². The van der Waals surface area contributed by atoms with Gasteiger partial charge in [-0.1, -0.05) is 0 Å². The number of carbonyl (C=O) groups is 1. The summed E-state index contributed by atoms with van der Waals surface area (Å²) in [7, 11) is 3.52. The van der Waals surface area contributed by atoms with Crippen LogP contribution in [-0.2, 0) is 4.79 Å². The Morgan fingerprint density at radius 1 is 1.19 bits per heavy atom. The van der Waals surface area contributed by atoms with Gasteiger partial charge in [-0.05, 0) is 69.0 Å². The molecule has 1 saturated heterocycles. The van der Waals surface area contributed by atoms with Crippen molar-refractivity contribution >= 4 is 23.9 Å². The van der Waals surface area contributed by atoms with Crippen LogP contribution in [-0.4, -0.2) is 80.0 Å². The van der Waals surface area contributed by atoms with Crippen LogP contribution in [0.3, 0.4) is 0 Å². The van der Waals surface area contributed by atoms with Crippen molar-refractivity contribution in [1.82, 2.24) is 10.2 Å². The second kappa shape index (κ2) is 16.1. The van der Waals surface area contributed by atoms with E-state index in [1.807, 2.05) is 20.9 Å².